The maximum absolute atomic E-state index is 13.4. The molecule has 1 aliphatic heterocycles. The molecule has 18 heavy (non-hydrogen) atoms. The van der Waals surface area contributed by atoms with Gasteiger partial charge in [-0.3, -0.25) is 0 Å². The number of ether oxygens (including phenoxy) is 1. The smallest absolute Gasteiger partial charge is 0.125 e. The van der Waals surface area contributed by atoms with Crippen molar-refractivity contribution in [1.29, 1.82) is 0 Å². The summed E-state index contributed by atoms with van der Waals surface area (Å²) in [6.07, 6.45) is 2.03. The van der Waals surface area contributed by atoms with Crippen molar-refractivity contribution in [3.8, 4) is 0 Å². The molecule has 1 aromatic heterocycles. The Morgan fingerprint density at radius 3 is 3.11 bits per heavy atom. The van der Waals surface area contributed by atoms with E-state index in [-0.39, 0.29) is 11.9 Å². The highest BCUT2D eigenvalue weighted by Crippen LogP contribution is 2.28. The first-order chi connectivity index (χ1) is 8.79. The number of hydrogen-bond donors (Lipinski definition) is 0. The maximum atomic E-state index is 13.4. The van der Waals surface area contributed by atoms with Gasteiger partial charge in [-0.05, 0) is 31.0 Å². The molecule has 2 aromatic rings. The number of imidazole rings is 1. The summed E-state index contributed by atoms with van der Waals surface area (Å²) >= 11 is 5.94. The molecule has 1 saturated heterocycles. The minimum atomic E-state index is -0.249. The first-order valence-corrected chi connectivity index (χ1v) is 6.63. The number of nitrogens with zero attached hydrogens (tertiary/aromatic N) is 2. The lowest BCUT2D eigenvalue weighted by atomic mass is 10.1. The van der Waals surface area contributed by atoms with Gasteiger partial charge in [0.05, 0.1) is 29.6 Å². The lowest BCUT2D eigenvalue weighted by molar-refractivity contribution is 0.0597. The topological polar surface area (TPSA) is 27.1 Å². The van der Waals surface area contributed by atoms with Gasteiger partial charge >= 0.3 is 0 Å². The molecule has 0 radical (unpaired) electrons. The Kier molecular flexibility index (Phi) is 3.22. The van der Waals surface area contributed by atoms with Gasteiger partial charge in [0.25, 0.3) is 0 Å². The Bertz CT molecular complexity index is 563. The number of hydrogen-bond acceptors (Lipinski definition) is 2. The highest BCUT2D eigenvalue weighted by molar-refractivity contribution is 6.16. The number of halogens is 2. The Hall–Kier alpha value is -1.13. The second-order valence-corrected chi connectivity index (χ2v) is 4.80. The maximum Gasteiger partial charge on any atom is 0.125 e. The molecule has 3 rings (SSSR count). The molecule has 3 nitrogen and oxygen atoms in total. The zero-order valence-corrected chi connectivity index (χ0v) is 10.7. The Morgan fingerprint density at radius 2 is 2.39 bits per heavy atom. The fourth-order valence-corrected chi connectivity index (χ4v) is 2.73. The van der Waals surface area contributed by atoms with Crippen LogP contribution in [0.25, 0.3) is 11.0 Å². The highest BCUT2D eigenvalue weighted by Gasteiger charge is 2.21. The van der Waals surface area contributed by atoms with Crippen LogP contribution in [0.1, 0.15) is 24.7 Å². The number of aromatic nitrogens is 2. The van der Waals surface area contributed by atoms with Crippen molar-refractivity contribution < 1.29 is 9.13 Å². The van der Waals surface area contributed by atoms with Crippen molar-refractivity contribution in [3.05, 3.63) is 29.8 Å². The molecule has 2 heterocycles. The second-order valence-electron chi connectivity index (χ2n) is 4.54. The molecule has 1 unspecified atom stereocenters. The van der Waals surface area contributed by atoms with Crippen molar-refractivity contribution in [3.63, 3.8) is 0 Å². The number of rotatable bonds is 2. The van der Waals surface area contributed by atoms with E-state index >= 15 is 0 Å². The predicted octanol–water partition coefficient (Wildman–Crippen LogP) is 3.27. The van der Waals surface area contributed by atoms with Crippen LogP contribution in [-0.4, -0.2) is 22.8 Å². The van der Waals surface area contributed by atoms with Gasteiger partial charge < -0.3 is 9.30 Å². The van der Waals surface area contributed by atoms with Crippen LogP contribution < -0.4 is 0 Å². The van der Waals surface area contributed by atoms with Crippen LogP contribution in [0.2, 0.25) is 0 Å². The molecule has 1 aliphatic rings. The predicted molar refractivity (Wildman–Crippen MR) is 68.3 cm³/mol. The largest absolute Gasteiger partial charge is 0.379 e. The lowest BCUT2D eigenvalue weighted by Gasteiger charge is -2.25. The number of benzene rings is 1. The van der Waals surface area contributed by atoms with Crippen molar-refractivity contribution in [2.45, 2.75) is 24.8 Å². The molecular weight excluding hydrogens is 255 g/mol. The fraction of sp³-hybridized carbons (Fsp3) is 0.462. The van der Waals surface area contributed by atoms with Crippen molar-refractivity contribution >= 4 is 22.6 Å². The standard InChI is InChI=1S/C13H14ClFN2O/c14-7-13-16-11-4-3-9(15)6-12(11)17(13)10-2-1-5-18-8-10/h3-4,6,10H,1-2,5,7-8H2. The van der Waals surface area contributed by atoms with Crippen LogP contribution in [0.4, 0.5) is 4.39 Å². The minimum Gasteiger partial charge on any atom is -0.379 e. The van der Waals surface area contributed by atoms with E-state index in [0.717, 1.165) is 36.3 Å². The normalized spacial score (nSPS) is 20.4. The van der Waals surface area contributed by atoms with E-state index in [4.69, 9.17) is 16.3 Å². The summed E-state index contributed by atoms with van der Waals surface area (Å²) in [6.45, 7) is 1.44. The second kappa shape index (κ2) is 4.86. The molecule has 0 amide bonds. The summed E-state index contributed by atoms with van der Waals surface area (Å²) in [7, 11) is 0. The first kappa shape index (κ1) is 11.9. The number of fused-ring (bicyclic) bond motifs is 1. The van der Waals surface area contributed by atoms with E-state index < -0.39 is 0 Å². The first-order valence-electron chi connectivity index (χ1n) is 6.09. The van der Waals surface area contributed by atoms with Gasteiger partial charge in [-0.1, -0.05) is 0 Å². The van der Waals surface area contributed by atoms with E-state index in [1.54, 1.807) is 6.07 Å². The monoisotopic (exact) mass is 268 g/mol. The van der Waals surface area contributed by atoms with Gasteiger partial charge in [0.15, 0.2) is 0 Å². The SMILES string of the molecule is Fc1ccc2nc(CCl)n(C3CCCOC3)c2c1. The Balaban J connectivity index is 2.14. The molecule has 0 spiro atoms. The molecule has 1 fully saturated rings. The van der Waals surface area contributed by atoms with Crippen LogP contribution in [0.5, 0.6) is 0 Å². The van der Waals surface area contributed by atoms with Crippen LogP contribution in [0.15, 0.2) is 18.2 Å². The molecule has 5 heteroatoms. The summed E-state index contributed by atoms with van der Waals surface area (Å²) in [5.74, 6) is 0.863. The summed E-state index contributed by atoms with van der Waals surface area (Å²) in [6, 6.07) is 4.85. The molecule has 0 saturated carbocycles. The summed E-state index contributed by atoms with van der Waals surface area (Å²) in [4.78, 5) is 4.46. The van der Waals surface area contributed by atoms with E-state index in [2.05, 4.69) is 4.98 Å². The molecule has 0 bridgehead atoms. The minimum absolute atomic E-state index is 0.208. The molecule has 1 aromatic carbocycles. The van der Waals surface area contributed by atoms with Gasteiger partial charge in [-0.15, -0.1) is 11.6 Å². The number of alkyl halides is 1. The third-order valence-corrected chi connectivity index (χ3v) is 3.58. The molecular formula is C13H14ClFN2O. The van der Waals surface area contributed by atoms with Crippen molar-refractivity contribution in [2.75, 3.05) is 13.2 Å². The van der Waals surface area contributed by atoms with Crippen molar-refractivity contribution in [1.82, 2.24) is 9.55 Å². The van der Waals surface area contributed by atoms with Crippen LogP contribution >= 0.6 is 11.6 Å². The summed E-state index contributed by atoms with van der Waals surface area (Å²) in [5, 5.41) is 0. The molecule has 1 atom stereocenters. The average molecular weight is 269 g/mol. The third-order valence-electron chi connectivity index (χ3n) is 3.35. The lowest BCUT2D eigenvalue weighted by Crippen LogP contribution is -2.22. The van der Waals surface area contributed by atoms with Crippen LogP contribution in [0.3, 0.4) is 0 Å². The Morgan fingerprint density at radius 1 is 1.50 bits per heavy atom. The van der Waals surface area contributed by atoms with E-state index in [0.29, 0.717) is 12.5 Å². The van der Waals surface area contributed by atoms with Crippen LogP contribution in [0, 0.1) is 5.82 Å². The van der Waals surface area contributed by atoms with Gasteiger partial charge in [0, 0.05) is 6.61 Å². The van der Waals surface area contributed by atoms with Gasteiger partial charge in [-0.25, -0.2) is 9.37 Å². The van der Waals surface area contributed by atoms with Gasteiger partial charge in [-0.2, -0.15) is 0 Å². The highest BCUT2D eigenvalue weighted by atomic mass is 35.5. The zero-order chi connectivity index (χ0) is 12.5. The van der Waals surface area contributed by atoms with E-state index in [1.165, 1.54) is 12.1 Å². The molecule has 0 N–H and O–H groups in total. The average Bonchev–Trinajstić information content (AvgIpc) is 2.77. The summed E-state index contributed by atoms with van der Waals surface area (Å²) in [5.41, 5.74) is 1.60. The third kappa shape index (κ3) is 1.99. The van der Waals surface area contributed by atoms with Gasteiger partial charge in [0.2, 0.25) is 0 Å². The summed E-state index contributed by atoms with van der Waals surface area (Å²) < 4.78 is 20.9. The quantitative estimate of drug-likeness (QED) is 0.782. The Labute approximate surface area is 110 Å². The van der Waals surface area contributed by atoms with Gasteiger partial charge in [0.1, 0.15) is 11.6 Å². The zero-order valence-electron chi connectivity index (χ0n) is 9.90. The van der Waals surface area contributed by atoms with Crippen LogP contribution in [-0.2, 0) is 10.6 Å². The van der Waals surface area contributed by atoms with E-state index in [1.807, 2.05) is 4.57 Å². The molecule has 96 valence electrons. The van der Waals surface area contributed by atoms with E-state index in [9.17, 15) is 4.39 Å². The molecule has 0 aliphatic carbocycles. The van der Waals surface area contributed by atoms with Crippen molar-refractivity contribution in [2.24, 2.45) is 0 Å². The fourth-order valence-electron chi connectivity index (χ4n) is 2.55.